The van der Waals surface area contributed by atoms with Gasteiger partial charge in [0.2, 0.25) is 21.8 Å². The summed E-state index contributed by atoms with van der Waals surface area (Å²) < 4.78 is 27.6. The van der Waals surface area contributed by atoms with Crippen molar-refractivity contribution in [3.63, 3.8) is 0 Å². The van der Waals surface area contributed by atoms with E-state index in [2.05, 4.69) is 21.2 Å². The van der Waals surface area contributed by atoms with E-state index in [1.165, 1.54) is 4.90 Å². The van der Waals surface area contributed by atoms with Crippen molar-refractivity contribution in [3.05, 3.63) is 76.8 Å². The average Bonchev–Trinajstić information content (AvgIpc) is 2.80. The SMILES string of the molecule is CCNC(=O)[C@H](C)N(Cc1ccc(Br)cc1)C(=O)CN(c1cccc2ccccc12)S(C)(=O)=O. The average molecular weight is 546 g/mol. The molecule has 0 unspecified atom stereocenters. The quantitative estimate of drug-likeness (QED) is 0.441. The van der Waals surface area contributed by atoms with Crippen molar-refractivity contribution in [3.8, 4) is 0 Å². The number of rotatable bonds is 9. The number of nitrogens with zero attached hydrogens (tertiary/aromatic N) is 2. The van der Waals surface area contributed by atoms with Gasteiger partial charge in [-0.1, -0.05) is 64.5 Å². The van der Waals surface area contributed by atoms with Crippen LogP contribution in [0.1, 0.15) is 19.4 Å². The topological polar surface area (TPSA) is 86.8 Å². The maximum absolute atomic E-state index is 13.6. The molecule has 0 radical (unpaired) electrons. The van der Waals surface area contributed by atoms with Crippen LogP contribution in [0.3, 0.4) is 0 Å². The van der Waals surface area contributed by atoms with Crippen LogP contribution in [0.15, 0.2) is 71.2 Å². The highest BCUT2D eigenvalue weighted by molar-refractivity contribution is 9.10. The summed E-state index contributed by atoms with van der Waals surface area (Å²) in [5, 5.41) is 4.33. The van der Waals surface area contributed by atoms with Crippen molar-refractivity contribution in [2.75, 3.05) is 23.7 Å². The molecule has 9 heteroatoms. The summed E-state index contributed by atoms with van der Waals surface area (Å²) >= 11 is 3.40. The second kappa shape index (κ2) is 11.0. The zero-order valence-corrected chi connectivity index (χ0v) is 21.8. The zero-order chi connectivity index (χ0) is 24.9. The van der Waals surface area contributed by atoms with Crippen LogP contribution in [-0.4, -0.2) is 50.5 Å². The van der Waals surface area contributed by atoms with Gasteiger partial charge in [0.25, 0.3) is 0 Å². The van der Waals surface area contributed by atoms with E-state index >= 15 is 0 Å². The number of hydrogen-bond acceptors (Lipinski definition) is 4. The second-order valence-corrected chi connectivity index (χ2v) is 10.8. The number of hydrogen-bond donors (Lipinski definition) is 1. The molecule has 2 amide bonds. The van der Waals surface area contributed by atoms with E-state index in [1.54, 1.807) is 26.0 Å². The third kappa shape index (κ3) is 6.15. The van der Waals surface area contributed by atoms with Crippen molar-refractivity contribution >= 4 is 54.2 Å². The summed E-state index contributed by atoms with van der Waals surface area (Å²) in [7, 11) is -3.79. The Bertz CT molecular complexity index is 1270. The normalized spacial score (nSPS) is 12.2. The van der Waals surface area contributed by atoms with Gasteiger partial charge in [-0.3, -0.25) is 13.9 Å². The number of nitrogens with one attached hydrogen (secondary N) is 1. The minimum atomic E-state index is -3.79. The Morgan fingerprint density at radius 2 is 1.65 bits per heavy atom. The molecule has 0 aliphatic heterocycles. The minimum absolute atomic E-state index is 0.164. The molecule has 34 heavy (non-hydrogen) atoms. The molecule has 1 N–H and O–H groups in total. The second-order valence-electron chi connectivity index (χ2n) is 7.99. The van der Waals surface area contributed by atoms with Crippen molar-refractivity contribution in [2.45, 2.75) is 26.4 Å². The lowest BCUT2D eigenvalue weighted by molar-refractivity contribution is -0.139. The lowest BCUT2D eigenvalue weighted by Crippen LogP contribution is -2.51. The number of likely N-dealkylation sites (N-methyl/N-ethyl adjacent to an activating group) is 1. The third-order valence-corrected chi connectivity index (χ3v) is 7.15. The van der Waals surface area contributed by atoms with Gasteiger partial charge < -0.3 is 10.2 Å². The maximum Gasteiger partial charge on any atom is 0.244 e. The fraction of sp³-hybridized carbons (Fsp3) is 0.280. The van der Waals surface area contributed by atoms with Gasteiger partial charge in [0.05, 0.1) is 11.9 Å². The molecule has 0 aromatic heterocycles. The van der Waals surface area contributed by atoms with E-state index in [0.717, 1.165) is 31.4 Å². The molecule has 0 aliphatic carbocycles. The number of halogens is 1. The van der Waals surface area contributed by atoms with E-state index in [9.17, 15) is 18.0 Å². The van der Waals surface area contributed by atoms with Crippen LogP contribution in [-0.2, 0) is 26.2 Å². The minimum Gasteiger partial charge on any atom is -0.355 e. The summed E-state index contributed by atoms with van der Waals surface area (Å²) in [6.07, 6.45) is 1.08. The summed E-state index contributed by atoms with van der Waals surface area (Å²) in [5.74, 6) is -0.774. The Labute approximate surface area is 208 Å². The van der Waals surface area contributed by atoms with Gasteiger partial charge in [0.1, 0.15) is 12.6 Å². The first-order valence-electron chi connectivity index (χ1n) is 10.9. The Kier molecular flexibility index (Phi) is 8.33. The molecule has 1 atom stereocenters. The van der Waals surface area contributed by atoms with Crippen LogP contribution in [0.4, 0.5) is 5.69 Å². The van der Waals surface area contributed by atoms with E-state index in [1.807, 2.05) is 54.6 Å². The van der Waals surface area contributed by atoms with Crippen molar-refractivity contribution < 1.29 is 18.0 Å². The molecule has 0 spiro atoms. The zero-order valence-electron chi connectivity index (χ0n) is 19.4. The van der Waals surface area contributed by atoms with Gasteiger partial charge in [-0.2, -0.15) is 0 Å². The highest BCUT2D eigenvalue weighted by atomic mass is 79.9. The lowest BCUT2D eigenvalue weighted by atomic mass is 10.1. The number of carbonyl (C=O) groups is 2. The molecule has 3 aromatic rings. The number of fused-ring (bicyclic) bond motifs is 1. The highest BCUT2D eigenvalue weighted by Gasteiger charge is 2.30. The van der Waals surface area contributed by atoms with Gasteiger partial charge in [-0.05, 0) is 43.0 Å². The third-order valence-electron chi connectivity index (χ3n) is 5.50. The predicted octanol–water partition coefficient (Wildman–Crippen LogP) is 3.92. The van der Waals surface area contributed by atoms with Crippen molar-refractivity contribution in [1.82, 2.24) is 10.2 Å². The molecule has 0 saturated carbocycles. The van der Waals surface area contributed by atoms with Gasteiger partial charge in [-0.25, -0.2) is 8.42 Å². The number of amides is 2. The van der Waals surface area contributed by atoms with Gasteiger partial charge >= 0.3 is 0 Å². The van der Waals surface area contributed by atoms with Gasteiger partial charge in [0, 0.05) is 22.9 Å². The predicted molar refractivity (Wildman–Crippen MR) is 139 cm³/mol. The van der Waals surface area contributed by atoms with Crippen LogP contribution >= 0.6 is 15.9 Å². The molecule has 0 bridgehead atoms. The fourth-order valence-corrected chi connectivity index (χ4v) is 4.84. The first-order chi connectivity index (χ1) is 16.1. The van der Waals surface area contributed by atoms with Crippen LogP contribution in [0.2, 0.25) is 0 Å². The lowest BCUT2D eigenvalue weighted by Gasteiger charge is -2.31. The Balaban J connectivity index is 1.98. The molecular weight excluding hydrogens is 518 g/mol. The van der Waals surface area contributed by atoms with Crippen LogP contribution in [0.5, 0.6) is 0 Å². The van der Waals surface area contributed by atoms with Crippen molar-refractivity contribution in [1.29, 1.82) is 0 Å². The van der Waals surface area contributed by atoms with Gasteiger partial charge in [-0.15, -0.1) is 0 Å². The highest BCUT2D eigenvalue weighted by Crippen LogP contribution is 2.28. The number of sulfonamides is 1. The molecule has 3 aromatic carbocycles. The van der Waals surface area contributed by atoms with E-state index in [-0.39, 0.29) is 12.5 Å². The smallest absolute Gasteiger partial charge is 0.244 e. The Morgan fingerprint density at radius 1 is 1.00 bits per heavy atom. The Hall–Kier alpha value is -2.91. The van der Waals surface area contributed by atoms with Crippen LogP contribution in [0, 0.1) is 0 Å². The van der Waals surface area contributed by atoms with Crippen LogP contribution in [0.25, 0.3) is 10.8 Å². The van der Waals surface area contributed by atoms with E-state index < -0.39 is 28.5 Å². The van der Waals surface area contributed by atoms with Crippen LogP contribution < -0.4 is 9.62 Å². The molecule has 0 heterocycles. The molecule has 7 nitrogen and oxygen atoms in total. The fourth-order valence-electron chi connectivity index (χ4n) is 3.71. The summed E-state index contributed by atoms with van der Waals surface area (Å²) in [5.41, 5.74) is 1.24. The summed E-state index contributed by atoms with van der Waals surface area (Å²) in [4.78, 5) is 27.6. The maximum atomic E-state index is 13.6. The first-order valence-corrected chi connectivity index (χ1v) is 13.5. The summed E-state index contributed by atoms with van der Waals surface area (Å²) in [6, 6.07) is 19.4. The molecule has 0 saturated heterocycles. The molecule has 3 rings (SSSR count). The first kappa shape index (κ1) is 25.7. The Morgan fingerprint density at radius 3 is 2.29 bits per heavy atom. The van der Waals surface area contributed by atoms with E-state index in [4.69, 9.17) is 0 Å². The van der Waals surface area contributed by atoms with Gasteiger partial charge in [0.15, 0.2) is 0 Å². The van der Waals surface area contributed by atoms with Crippen molar-refractivity contribution in [2.24, 2.45) is 0 Å². The molecule has 0 fully saturated rings. The largest absolute Gasteiger partial charge is 0.355 e. The molecule has 180 valence electrons. The number of anilines is 1. The summed E-state index contributed by atoms with van der Waals surface area (Å²) in [6.45, 7) is 3.61. The standard InChI is InChI=1S/C25H28BrN3O4S/c1-4-27-25(31)18(2)28(16-19-12-14-21(26)15-13-19)24(30)17-29(34(3,32)33)23-11-7-9-20-8-5-6-10-22(20)23/h5-15,18H,4,16-17H2,1-3H3,(H,27,31)/t18-/m0/s1. The molecule has 0 aliphatic rings. The molecular formula is C25H28BrN3O4S. The number of benzene rings is 3. The monoisotopic (exact) mass is 545 g/mol. The van der Waals surface area contributed by atoms with E-state index in [0.29, 0.717) is 12.2 Å². The number of carbonyl (C=O) groups excluding carboxylic acids is 2.